The fourth-order valence-corrected chi connectivity index (χ4v) is 3.04. The first-order chi connectivity index (χ1) is 9.63. The van der Waals surface area contributed by atoms with Crippen LogP contribution in [0.3, 0.4) is 0 Å². The summed E-state index contributed by atoms with van der Waals surface area (Å²) in [5, 5.41) is 3.47. The molecule has 1 aliphatic rings. The number of thioether (sulfide) groups is 1. The van der Waals surface area contributed by atoms with Gasteiger partial charge in [0.2, 0.25) is 0 Å². The lowest BCUT2D eigenvalue weighted by Crippen LogP contribution is -2.45. The van der Waals surface area contributed by atoms with Crippen LogP contribution < -0.4 is 5.32 Å². The highest BCUT2D eigenvalue weighted by atomic mass is 32.2. The van der Waals surface area contributed by atoms with E-state index in [1.54, 1.807) is 19.1 Å². The maximum Gasteiger partial charge on any atom is 0.267 e. The normalized spacial score (nSPS) is 23.9. The summed E-state index contributed by atoms with van der Waals surface area (Å²) in [4.78, 5) is 15.9. The van der Waals surface area contributed by atoms with Crippen molar-refractivity contribution in [3.63, 3.8) is 0 Å². The molecular weight excluding hydrogens is 294 g/mol. The van der Waals surface area contributed by atoms with Gasteiger partial charge in [0, 0.05) is 0 Å². The lowest BCUT2D eigenvalue weighted by molar-refractivity contribution is -0.122. The molecule has 1 N–H and O–H groups in total. The lowest BCUT2D eigenvalue weighted by atomic mass is 9.93. The summed E-state index contributed by atoms with van der Waals surface area (Å²) in [6.07, 6.45) is 0. The predicted octanol–water partition coefficient (Wildman–Crippen LogP) is 3.61. The van der Waals surface area contributed by atoms with Crippen LogP contribution in [-0.2, 0) is 4.79 Å². The molecule has 1 aliphatic heterocycles. The van der Waals surface area contributed by atoms with Crippen LogP contribution in [0.5, 0.6) is 0 Å². The Balaban J connectivity index is 2.10. The number of hydrogen-bond donors (Lipinski definition) is 1. The largest absolute Gasteiger partial charge is 0.358 e. The number of aliphatic imine (C=N–C) groups is 1. The van der Waals surface area contributed by atoms with Crippen LogP contribution in [0, 0.1) is 5.82 Å². The summed E-state index contributed by atoms with van der Waals surface area (Å²) >= 11 is 1.09. The lowest BCUT2D eigenvalue weighted by Gasteiger charge is -2.30. The molecule has 0 aromatic heterocycles. The van der Waals surface area contributed by atoms with Crippen molar-refractivity contribution in [3.05, 3.63) is 35.6 Å². The van der Waals surface area contributed by atoms with Crippen molar-refractivity contribution in [2.24, 2.45) is 4.99 Å². The van der Waals surface area contributed by atoms with Crippen LogP contribution in [0.15, 0.2) is 29.3 Å². The summed E-state index contributed by atoms with van der Waals surface area (Å²) in [6.45, 7) is 6.18. The van der Waals surface area contributed by atoms with Gasteiger partial charge >= 0.3 is 0 Å². The van der Waals surface area contributed by atoms with E-state index in [2.05, 4.69) is 10.3 Å². The number of nitrogens with one attached hydrogen (secondary N) is 1. The van der Waals surface area contributed by atoms with Crippen LogP contribution in [0.25, 0.3) is 0 Å². The second-order valence-electron chi connectivity index (χ2n) is 5.75. The Hall–Kier alpha value is -1.43. The SMILES string of the molecule is C[C@H](NC1=NC(=O)C(C)(C(C)(C)F)S1)c1ccc(F)cc1. The van der Waals surface area contributed by atoms with Gasteiger partial charge in [-0.05, 0) is 45.4 Å². The van der Waals surface area contributed by atoms with E-state index >= 15 is 0 Å². The molecule has 114 valence electrons. The predicted molar refractivity (Wildman–Crippen MR) is 81.6 cm³/mol. The molecule has 1 amide bonds. The van der Waals surface area contributed by atoms with Crippen LogP contribution >= 0.6 is 11.8 Å². The summed E-state index contributed by atoms with van der Waals surface area (Å²) in [5.74, 6) is -0.783. The molecule has 0 fully saturated rings. The molecule has 2 rings (SSSR count). The van der Waals surface area contributed by atoms with Gasteiger partial charge < -0.3 is 5.32 Å². The molecule has 6 heteroatoms. The Morgan fingerprint density at radius 2 is 1.90 bits per heavy atom. The number of halogens is 2. The van der Waals surface area contributed by atoms with Crippen LogP contribution in [-0.4, -0.2) is 21.5 Å². The number of rotatable bonds is 3. The van der Waals surface area contributed by atoms with Gasteiger partial charge in [-0.2, -0.15) is 4.99 Å². The van der Waals surface area contributed by atoms with Crippen LogP contribution in [0.1, 0.15) is 39.3 Å². The van der Waals surface area contributed by atoms with Crippen molar-refractivity contribution in [3.8, 4) is 0 Å². The van der Waals surface area contributed by atoms with Gasteiger partial charge in [0.1, 0.15) is 16.2 Å². The van der Waals surface area contributed by atoms with Gasteiger partial charge in [0.25, 0.3) is 5.91 Å². The number of carbonyl (C=O) groups is 1. The van der Waals surface area contributed by atoms with Gasteiger partial charge in [-0.25, -0.2) is 8.78 Å². The van der Waals surface area contributed by atoms with E-state index in [-0.39, 0.29) is 11.9 Å². The van der Waals surface area contributed by atoms with E-state index in [0.29, 0.717) is 5.17 Å². The van der Waals surface area contributed by atoms with E-state index in [4.69, 9.17) is 0 Å². The molecule has 1 heterocycles. The summed E-state index contributed by atoms with van der Waals surface area (Å²) in [6, 6.07) is 5.91. The zero-order valence-electron chi connectivity index (χ0n) is 12.4. The van der Waals surface area contributed by atoms with Crippen molar-refractivity contribution in [2.75, 3.05) is 0 Å². The third-order valence-electron chi connectivity index (χ3n) is 3.76. The molecule has 21 heavy (non-hydrogen) atoms. The molecule has 0 saturated heterocycles. The molecule has 0 aliphatic carbocycles. The van der Waals surface area contributed by atoms with E-state index in [1.165, 1.54) is 26.0 Å². The maximum atomic E-state index is 14.2. The summed E-state index contributed by atoms with van der Waals surface area (Å²) < 4.78 is 25.9. The first kappa shape index (κ1) is 15.9. The highest BCUT2D eigenvalue weighted by Gasteiger charge is 2.53. The van der Waals surface area contributed by atoms with Crippen molar-refractivity contribution < 1.29 is 13.6 Å². The first-order valence-electron chi connectivity index (χ1n) is 6.66. The van der Waals surface area contributed by atoms with Gasteiger partial charge in [0.05, 0.1) is 6.04 Å². The van der Waals surface area contributed by atoms with E-state index in [1.807, 2.05) is 6.92 Å². The van der Waals surface area contributed by atoms with Gasteiger partial charge in [-0.3, -0.25) is 4.79 Å². The smallest absolute Gasteiger partial charge is 0.267 e. The molecule has 0 saturated carbocycles. The minimum atomic E-state index is -1.68. The van der Waals surface area contributed by atoms with Crippen molar-refractivity contribution in [1.29, 1.82) is 0 Å². The fourth-order valence-electron chi connectivity index (χ4n) is 1.92. The van der Waals surface area contributed by atoms with Crippen molar-refractivity contribution in [2.45, 2.75) is 44.2 Å². The first-order valence-corrected chi connectivity index (χ1v) is 7.48. The molecule has 0 bridgehead atoms. The quantitative estimate of drug-likeness (QED) is 0.927. The number of amides is 1. The molecule has 3 nitrogen and oxygen atoms in total. The molecular formula is C15H18F2N2OS. The number of alkyl halides is 1. The Kier molecular flexibility index (Phi) is 4.10. The second-order valence-corrected chi connectivity index (χ2v) is 7.15. The van der Waals surface area contributed by atoms with E-state index in [0.717, 1.165) is 17.3 Å². The maximum absolute atomic E-state index is 14.2. The Morgan fingerprint density at radius 1 is 1.33 bits per heavy atom. The second kappa shape index (κ2) is 5.40. The number of hydrogen-bond acceptors (Lipinski definition) is 3. The van der Waals surface area contributed by atoms with Crippen molar-refractivity contribution >= 4 is 22.8 Å². The van der Waals surface area contributed by atoms with Crippen molar-refractivity contribution in [1.82, 2.24) is 5.32 Å². The molecule has 0 spiro atoms. The third kappa shape index (κ3) is 3.10. The van der Waals surface area contributed by atoms with Gasteiger partial charge in [-0.1, -0.05) is 23.9 Å². The summed E-state index contributed by atoms with van der Waals surface area (Å²) in [7, 11) is 0. The van der Waals surface area contributed by atoms with Crippen LogP contribution in [0.4, 0.5) is 8.78 Å². The van der Waals surface area contributed by atoms with E-state index in [9.17, 15) is 13.6 Å². The number of amidine groups is 1. The number of benzene rings is 1. The third-order valence-corrected chi connectivity index (χ3v) is 5.23. The highest BCUT2D eigenvalue weighted by Crippen LogP contribution is 2.44. The monoisotopic (exact) mass is 312 g/mol. The van der Waals surface area contributed by atoms with E-state index < -0.39 is 16.3 Å². The van der Waals surface area contributed by atoms with Gasteiger partial charge in [0.15, 0.2) is 5.17 Å². The Morgan fingerprint density at radius 3 is 2.38 bits per heavy atom. The minimum Gasteiger partial charge on any atom is -0.358 e. The topological polar surface area (TPSA) is 41.5 Å². The average Bonchev–Trinajstić information content (AvgIpc) is 2.66. The van der Waals surface area contributed by atoms with Crippen LogP contribution in [0.2, 0.25) is 0 Å². The molecule has 1 aromatic carbocycles. The fraction of sp³-hybridized carbons (Fsp3) is 0.467. The highest BCUT2D eigenvalue weighted by molar-refractivity contribution is 8.16. The molecule has 1 unspecified atom stereocenters. The molecule has 0 radical (unpaired) electrons. The molecule has 2 atom stereocenters. The zero-order valence-corrected chi connectivity index (χ0v) is 13.2. The number of carbonyl (C=O) groups excluding carboxylic acids is 1. The standard InChI is InChI=1S/C15H18F2N2OS/c1-9(10-5-7-11(16)8-6-10)18-13-19-12(20)15(4,21-13)14(2,3)17/h5-9H,1-4H3,(H,18,19,20)/t9-,15?/m0/s1. The Bertz CT molecular complexity index is 580. The number of nitrogens with zero attached hydrogens (tertiary/aromatic N) is 1. The summed E-state index contributed by atoms with van der Waals surface area (Å²) in [5.41, 5.74) is -0.818. The molecule has 1 aromatic rings. The Labute approximate surface area is 127 Å². The zero-order chi connectivity index (χ0) is 15.8. The average molecular weight is 312 g/mol. The van der Waals surface area contributed by atoms with Gasteiger partial charge in [-0.15, -0.1) is 0 Å². The minimum absolute atomic E-state index is 0.158.